The van der Waals surface area contributed by atoms with Crippen molar-refractivity contribution in [2.45, 2.75) is 89.4 Å². The molecule has 4 aliphatic carbocycles. The lowest BCUT2D eigenvalue weighted by Crippen LogP contribution is -2.58. The van der Waals surface area contributed by atoms with Crippen LogP contribution in [0, 0.1) is 28.6 Å². The highest BCUT2D eigenvalue weighted by Gasteiger charge is 2.64. The summed E-state index contributed by atoms with van der Waals surface area (Å²) in [6, 6.07) is 8.14. The van der Waals surface area contributed by atoms with Crippen molar-refractivity contribution in [2.24, 2.45) is 28.6 Å². The first-order valence-electron chi connectivity index (χ1n) is 14.5. The lowest BCUT2D eigenvalue weighted by molar-refractivity contribution is -0.148. The molecule has 0 spiro atoms. The van der Waals surface area contributed by atoms with Crippen LogP contribution in [0.1, 0.15) is 77.2 Å². The van der Waals surface area contributed by atoms with Crippen molar-refractivity contribution in [2.75, 3.05) is 26.2 Å². The predicted octanol–water partition coefficient (Wildman–Crippen LogP) is 4.64. The third-order valence-electron chi connectivity index (χ3n) is 11.3. The van der Waals surface area contributed by atoms with Gasteiger partial charge in [-0.1, -0.05) is 31.6 Å². The van der Waals surface area contributed by atoms with Crippen molar-refractivity contribution in [3.8, 4) is 5.75 Å². The van der Waals surface area contributed by atoms with Gasteiger partial charge in [-0.25, -0.2) is 0 Å². The van der Waals surface area contributed by atoms with E-state index in [1.54, 1.807) is 0 Å². The molecule has 0 radical (unpaired) electrons. The first-order chi connectivity index (χ1) is 17.2. The molecule has 8 atom stereocenters. The highest BCUT2D eigenvalue weighted by molar-refractivity contribution is 5.41. The molecule has 6 rings (SSSR count). The average molecular weight is 496 g/mol. The highest BCUT2D eigenvalue weighted by Crippen LogP contribution is 2.68. The second kappa shape index (κ2) is 9.11. The smallest absolute Gasteiger partial charge is 0.119 e. The quantitative estimate of drug-likeness (QED) is 0.519. The molecule has 3 N–H and O–H groups in total. The van der Waals surface area contributed by atoms with E-state index in [-0.39, 0.29) is 34.9 Å². The Labute approximate surface area is 216 Å². The topological polar surface area (TPSA) is 73.2 Å². The van der Waals surface area contributed by atoms with Crippen molar-refractivity contribution in [3.05, 3.63) is 41.5 Å². The summed E-state index contributed by atoms with van der Waals surface area (Å²) in [4.78, 5) is 2.46. The van der Waals surface area contributed by atoms with E-state index in [0.717, 1.165) is 56.4 Å². The number of likely N-dealkylation sites (tertiary alicyclic amines) is 1. The number of nitrogens with zero attached hydrogens (tertiary/aromatic N) is 1. The number of rotatable bonds is 5. The normalized spacial score (nSPS) is 44.5. The predicted molar refractivity (Wildman–Crippen MR) is 141 cm³/mol. The standard InChI is InChI=1S/C31H45NO4/c1-29-13-11-23(33)19-22(29)20-31(35,28-25-9-10-27(34)30(25,2)14-12-26(28)29)21-5-7-24(8-6-21)36-18-17-32-15-3-4-16-32/h5-8,20,23,25-28,33-35H,3-4,9-19H2,1-2H3/t23-,25-,26-,27-,28-,29-,30-,31+/m0/s1. The fourth-order valence-electron chi connectivity index (χ4n) is 9.06. The van der Waals surface area contributed by atoms with Gasteiger partial charge >= 0.3 is 0 Å². The summed E-state index contributed by atoms with van der Waals surface area (Å²) in [7, 11) is 0. The molecule has 1 aromatic carbocycles. The summed E-state index contributed by atoms with van der Waals surface area (Å²) < 4.78 is 6.06. The summed E-state index contributed by atoms with van der Waals surface area (Å²) in [5.74, 6) is 1.56. The molecule has 5 heteroatoms. The van der Waals surface area contributed by atoms with E-state index in [4.69, 9.17) is 4.74 Å². The molecule has 4 fully saturated rings. The maximum atomic E-state index is 12.6. The van der Waals surface area contributed by atoms with Crippen molar-refractivity contribution in [1.82, 2.24) is 4.90 Å². The van der Waals surface area contributed by atoms with E-state index in [1.165, 1.54) is 31.5 Å². The minimum absolute atomic E-state index is 0.0175. The molecular formula is C31H45NO4. The van der Waals surface area contributed by atoms with Gasteiger partial charge in [-0.05, 0) is 117 Å². The van der Waals surface area contributed by atoms with Crippen LogP contribution in [0.5, 0.6) is 5.75 Å². The Bertz CT molecular complexity index is 987. The van der Waals surface area contributed by atoms with Gasteiger partial charge in [0.2, 0.25) is 0 Å². The average Bonchev–Trinajstić information content (AvgIpc) is 3.49. The van der Waals surface area contributed by atoms with Gasteiger partial charge in [-0.15, -0.1) is 0 Å². The summed E-state index contributed by atoms with van der Waals surface area (Å²) in [5.41, 5.74) is 0.941. The zero-order valence-corrected chi connectivity index (χ0v) is 22.2. The highest BCUT2D eigenvalue weighted by atomic mass is 16.5. The molecule has 0 bridgehead atoms. The lowest BCUT2D eigenvalue weighted by Gasteiger charge is -2.62. The summed E-state index contributed by atoms with van der Waals surface area (Å²) in [6.07, 6.45) is 10.4. The second-order valence-electron chi connectivity index (χ2n) is 13.1. The zero-order chi connectivity index (χ0) is 25.1. The number of benzene rings is 1. The molecule has 198 valence electrons. The van der Waals surface area contributed by atoms with E-state index >= 15 is 0 Å². The van der Waals surface area contributed by atoms with Crippen LogP contribution < -0.4 is 4.74 Å². The van der Waals surface area contributed by atoms with Crippen LogP contribution >= 0.6 is 0 Å². The van der Waals surface area contributed by atoms with Gasteiger partial charge in [0.15, 0.2) is 0 Å². The van der Waals surface area contributed by atoms with E-state index in [0.29, 0.717) is 18.9 Å². The molecule has 1 saturated heterocycles. The monoisotopic (exact) mass is 495 g/mol. The van der Waals surface area contributed by atoms with Crippen LogP contribution in [0.25, 0.3) is 0 Å². The summed E-state index contributed by atoms with van der Waals surface area (Å²) in [5, 5.41) is 34.2. The van der Waals surface area contributed by atoms with Gasteiger partial charge in [0, 0.05) is 12.5 Å². The van der Waals surface area contributed by atoms with Crippen LogP contribution in [0.2, 0.25) is 0 Å². The van der Waals surface area contributed by atoms with E-state index < -0.39 is 5.60 Å². The Morgan fingerprint density at radius 3 is 2.44 bits per heavy atom. The van der Waals surface area contributed by atoms with Crippen LogP contribution in [0.15, 0.2) is 35.9 Å². The Morgan fingerprint density at radius 2 is 1.69 bits per heavy atom. The maximum Gasteiger partial charge on any atom is 0.119 e. The van der Waals surface area contributed by atoms with Gasteiger partial charge in [0.1, 0.15) is 18.0 Å². The van der Waals surface area contributed by atoms with Crippen molar-refractivity contribution in [1.29, 1.82) is 0 Å². The number of ether oxygens (including phenoxy) is 1. The third kappa shape index (κ3) is 3.88. The molecule has 0 unspecified atom stereocenters. The first kappa shape index (κ1) is 24.9. The van der Waals surface area contributed by atoms with Gasteiger partial charge in [0.05, 0.1) is 12.2 Å². The zero-order valence-electron chi connectivity index (χ0n) is 22.2. The summed E-state index contributed by atoms with van der Waals surface area (Å²) in [6.45, 7) is 8.64. The van der Waals surface area contributed by atoms with E-state index in [1.807, 2.05) is 12.1 Å². The van der Waals surface area contributed by atoms with Crippen LogP contribution in [0.3, 0.4) is 0 Å². The van der Waals surface area contributed by atoms with Crippen LogP contribution in [-0.2, 0) is 5.60 Å². The van der Waals surface area contributed by atoms with E-state index in [2.05, 4.69) is 37.0 Å². The molecule has 1 aliphatic heterocycles. The molecule has 3 saturated carbocycles. The van der Waals surface area contributed by atoms with E-state index in [9.17, 15) is 15.3 Å². The molecule has 36 heavy (non-hydrogen) atoms. The number of hydrogen-bond acceptors (Lipinski definition) is 5. The van der Waals surface area contributed by atoms with Crippen molar-refractivity contribution in [3.63, 3.8) is 0 Å². The van der Waals surface area contributed by atoms with Gasteiger partial charge in [0.25, 0.3) is 0 Å². The van der Waals surface area contributed by atoms with Gasteiger partial charge in [-0.2, -0.15) is 0 Å². The van der Waals surface area contributed by atoms with Crippen LogP contribution in [0.4, 0.5) is 0 Å². The minimum atomic E-state index is -1.10. The van der Waals surface area contributed by atoms with Gasteiger partial charge < -0.3 is 20.1 Å². The molecular weight excluding hydrogens is 450 g/mol. The number of hydrogen-bond donors (Lipinski definition) is 3. The Hall–Kier alpha value is -1.40. The fraction of sp³-hybridized carbons (Fsp3) is 0.742. The SMILES string of the molecule is C[C@]12CC[C@H]3[C@H]([C@@H]1CC[C@@H]2O)[C@](O)(c1ccc(OCCN2CCCC2)cc1)C=C1C[C@@H](O)CC[C@@]13C. The molecule has 0 aromatic heterocycles. The lowest BCUT2D eigenvalue weighted by atomic mass is 9.44. The second-order valence-corrected chi connectivity index (χ2v) is 13.1. The van der Waals surface area contributed by atoms with Crippen molar-refractivity contribution >= 4 is 0 Å². The van der Waals surface area contributed by atoms with Gasteiger partial charge in [-0.3, -0.25) is 4.90 Å². The molecule has 1 aromatic rings. The minimum Gasteiger partial charge on any atom is -0.492 e. The molecule has 5 aliphatic rings. The summed E-state index contributed by atoms with van der Waals surface area (Å²) >= 11 is 0. The number of fused-ring (bicyclic) bond motifs is 5. The Kier molecular flexibility index (Phi) is 6.31. The molecule has 5 nitrogen and oxygen atoms in total. The Balaban J connectivity index is 1.32. The Morgan fingerprint density at radius 1 is 0.944 bits per heavy atom. The number of aliphatic hydroxyl groups is 3. The third-order valence-corrected chi connectivity index (χ3v) is 11.3. The first-order valence-corrected chi connectivity index (χ1v) is 14.5. The van der Waals surface area contributed by atoms with Crippen LogP contribution in [-0.4, -0.2) is 58.7 Å². The fourth-order valence-corrected chi connectivity index (χ4v) is 9.06. The number of aliphatic hydroxyl groups excluding tert-OH is 2. The van der Waals surface area contributed by atoms with Crippen molar-refractivity contribution < 1.29 is 20.1 Å². The largest absolute Gasteiger partial charge is 0.492 e. The maximum absolute atomic E-state index is 12.6. The molecule has 0 amide bonds. The molecule has 1 heterocycles.